The van der Waals surface area contributed by atoms with Crippen LogP contribution < -0.4 is 10.7 Å². The molecule has 4 aromatic rings. The van der Waals surface area contributed by atoms with E-state index in [4.69, 9.17) is 0 Å². The second kappa shape index (κ2) is 9.08. The van der Waals surface area contributed by atoms with Crippen molar-refractivity contribution in [3.05, 3.63) is 120 Å². The summed E-state index contributed by atoms with van der Waals surface area (Å²) in [5, 5.41) is 0. The van der Waals surface area contributed by atoms with Crippen LogP contribution in [0.1, 0.15) is 0 Å². The van der Waals surface area contributed by atoms with Crippen LogP contribution >= 0.6 is 15.9 Å². The summed E-state index contributed by atoms with van der Waals surface area (Å²) in [7, 11) is -3.55. The van der Waals surface area contributed by atoms with Gasteiger partial charge in [-0.15, -0.1) is 0 Å². The molecule has 30 heavy (non-hydrogen) atoms. The fourth-order valence-corrected chi connectivity index (χ4v) is 26.7. The van der Waals surface area contributed by atoms with Gasteiger partial charge in [-0.3, -0.25) is 0 Å². The maximum atomic E-state index is 13.8. The Balaban J connectivity index is 2.02. The molecule has 0 atom stereocenters. The molecule has 150 valence electrons. The van der Waals surface area contributed by atoms with Crippen LogP contribution in [0, 0.1) is 0 Å². The van der Waals surface area contributed by atoms with E-state index in [1.807, 2.05) is 60.7 Å². The average molecular weight is 584 g/mol. The second-order valence-electron chi connectivity index (χ2n) is 7.19. The molecular weight excluding hydrogens is 563 g/mol. The number of hydrogen-bond acceptors (Lipinski definition) is 2. The van der Waals surface area contributed by atoms with Crippen molar-refractivity contribution in [2.24, 2.45) is 0 Å². The van der Waals surface area contributed by atoms with Crippen LogP contribution in [0.15, 0.2) is 125 Å². The van der Waals surface area contributed by atoms with E-state index >= 15 is 0 Å². The minimum absolute atomic E-state index is 0.127. The number of hydrogen-bond donors (Lipinski definition) is 0. The quantitative estimate of drug-likeness (QED) is 0.322. The van der Waals surface area contributed by atoms with Crippen molar-refractivity contribution in [2.45, 2.75) is 4.90 Å². The molecule has 0 spiro atoms. The summed E-state index contributed by atoms with van der Waals surface area (Å²) in [6.07, 6.45) is 0. The zero-order valence-electron chi connectivity index (χ0n) is 16.3. The third kappa shape index (κ3) is 4.13. The van der Waals surface area contributed by atoms with Gasteiger partial charge in [-0.2, -0.15) is 0 Å². The Labute approximate surface area is 190 Å². The fraction of sp³-hybridized carbons (Fsp3) is 0.0400. The topological polar surface area (TPSA) is 34.1 Å². The number of sulfone groups is 1. The van der Waals surface area contributed by atoms with Crippen molar-refractivity contribution in [3.8, 4) is 0 Å². The van der Waals surface area contributed by atoms with E-state index in [9.17, 15) is 8.42 Å². The van der Waals surface area contributed by atoms with Crippen LogP contribution in [-0.4, -0.2) is 30.6 Å². The standard InChI is InChI=1S/C7H6BrO2S.3C6H5.Sn/c1-11(9,10)7-5-3-2-4-6(7)8;3*1-2-4-6-5-3-1;/h2-5H,1H2;3*1-5H;. The van der Waals surface area contributed by atoms with Crippen molar-refractivity contribution >= 4 is 54.9 Å². The summed E-state index contributed by atoms with van der Waals surface area (Å²) in [6, 6.07) is 37.7. The first-order valence-corrected chi connectivity index (χ1v) is 18.4. The Hall–Kier alpha value is -1.89. The monoisotopic (exact) mass is 584 g/mol. The summed E-state index contributed by atoms with van der Waals surface area (Å²) in [4.78, 5) is 0.355. The Morgan fingerprint density at radius 2 is 0.933 bits per heavy atom. The van der Waals surface area contributed by atoms with Gasteiger partial charge >= 0.3 is 192 Å². The van der Waals surface area contributed by atoms with E-state index in [1.165, 1.54) is 0 Å². The van der Waals surface area contributed by atoms with E-state index in [2.05, 4.69) is 52.3 Å². The molecule has 0 aliphatic carbocycles. The van der Waals surface area contributed by atoms with Gasteiger partial charge in [0.1, 0.15) is 0 Å². The second-order valence-corrected chi connectivity index (χ2v) is 22.6. The Morgan fingerprint density at radius 1 is 0.567 bits per heavy atom. The van der Waals surface area contributed by atoms with Gasteiger partial charge in [0.2, 0.25) is 0 Å². The van der Waals surface area contributed by atoms with Gasteiger partial charge in [0.05, 0.1) is 0 Å². The number of rotatable bonds is 6. The van der Waals surface area contributed by atoms with E-state index in [0.29, 0.717) is 9.37 Å². The third-order valence-electron chi connectivity index (χ3n) is 5.38. The summed E-state index contributed by atoms with van der Waals surface area (Å²) < 4.78 is 31.8. The number of halogens is 1. The molecule has 0 N–H and O–H groups in total. The van der Waals surface area contributed by atoms with Gasteiger partial charge in [-0.25, -0.2) is 0 Å². The van der Waals surface area contributed by atoms with Crippen molar-refractivity contribution in [1.82, 2.24) is 0 Å². The van der Waals surface area contributed by atoms with Gasteiger partial charge in [0.25, 0.3) is 0 Å². The molecule has 0 aliphatic rings. The normalized spacial score (nSPS) is 11.9. The molecule has 0 saturated heterocycles. The minimum atomic E-state index is -3.91. The van der Waals surface area contributed by atoms with E-state index in [1.54, 1.807) is 18.2 Å². The SMILES string of the molecule is O=S(=O)([CH2][Sn]([c]1ccccc1)([c]1ccccc1)[c]1ccccc1)c1ccccc1Br. The molecule has 0 aliphatic heterocycles. The molecule has 0 fully saturated rings. The Bertz CT molecular complexity index is 1130. The van der Waals surface area contributed by atoms with Gasteiger partial charge in [-0.05, 0) is 0 Å². The maximum absolute atomic E-state index is 13.8. The summed E-state index contributed by atoms with van der Waals surface area (Å²) >= 11 is -0.458. The molecular formula is C25H21BrO2SSn. The summed E-state index contributed by atoms with van der Waals surface area (Å²) in [5.41, 5.74) is 0. The van der Waals surface area contributed by atoms with E-state index in [0.717, 1.165) is 10.7 Å². The van der Waals surface area contributed by atoms with Crippen molar-refractivity contribution in [2.75, 3.05) is 3.77 Å². The van der Waals surface area contributed by atoms with E-state index < -0.39 is 28.2 Å². The predicted molar refractivity (Wildman–Crippen MR) is 130 cm³/mol. The van der Waals surface area contributed by atoms with Crippen LogP contribution in [0.25, 0.3) is 0 Å². The zero-order chi connectivity index (χ0) is 21.0. The Kier molecular flexibility index (Phi) is 6.46. The van der Waals surface area contributed by atoms with Crippen LogP contribution in [0.5, 0.6) is 0 Å². The zero-order valence-corrected chi connectivity index (χ0v) is 21.5. The molecule has 0 bridgehead atoms. The fourth-order valence-electron chi connectivity index (χ4n) is 3.98. The molecule has 4 aromatic carbocycles. The first-order valence-electron chi connectivity index (χ1n) is 9.68. The molecule has 0 amide bonds. The molecule has 0 heterocycles. The Morgan fingerprint density at radius 3 is 1.33 bits per heavy atom. The van der Waals surface area contributed by atoms with Gasteiger partial charge < -0.3 is 0 Å². The van der Waals surface area contributed by atoms with Crippen LogP contribution in [0.4, 0.5) is 0 Å². The van der Waals surface area contributed by atoms with Crippen molar-refractivity contribution in [3.63, 3.8) is 0 Å². The van der Waals surface area contributed by atoms with Crippen molar-refractivity contribution in [1.29, 1.82) is 0 Å². The molecule has 5 heteroatoms. The van der Waals surface area contributed by atoms with Gasteiger partial charge in [-0.1, -0.05) is 0 Å². The molecule has 0 radical (unpaired) electrons. The van der Waals surface area contributed by atoms with Crippen molar-refractivity contribution < 1.29 is 8.42 Å². The van der Waals surface area contributed by atoms with Crippen LogP contribution in [-0.2, 0) is 9.84 Å². The average Bonchev–Trinajstić information content (AvgIpc) is 2.79. The third-order valence-corrected chi connectivity index (χ3v) is 26.4. The molecule has 0 unspecified atom stereocenters. The number of benzene rings is 4. The summed E-state index contributed by atoms with van der Waals surface area (Å²) in [6.45, 7) is 0. The molecule has 2 nitrogen and oxygen atoms in total. The summed E-state index contributed by atoms with van der Waals surface area (Å²) in [5.74, 6) is 0. The predicted octanol–water partition coefficient (Wildman–Crippen LogP) is 3.93. The molecule has 4 rings (SSSR count). The van der Waals surface area contributed by atoms with Crippen LogP contribution in [0.2, 0.25) is 0 Å². The van der Waals surface area contributed by atoms with E-state index in [-0.39, 0.29) is 3.77 Å². The first kappa shape index (κ1) is 21.3. The van der Waals surface area contributed by atoms with Gasteiger partial charge in [0, 0.05) is 0 Å². The van der Waals surface area contributed by atoms with Gasteiger partial charge in [0.15, 0.2) is 0 Å². The first-order chi connectivity index (χ1) is 14.5. The van der Waals surface area contributed by atoms with Crippen LogP contribution in [0.3, 0.4) is 0 Å². The molecule has 0 saturated carbocycles. The molecule has 0 aromatic heterocycles.